The molecular formula is C14H18ClN3O. The predicted octanol–water partition coefficient (Wildman–Crippen LogP) is 2.99. The van der Waals surface area contributed by atoms with E-state index in [9.17, 15) is 0 Å². The van der Waals surface area contributed by atoms with Crippen molar-refractivity contribution in [2.75, 3.05) is 6.61 Å². The van der Waals surface area contributed by atoms with Crippen molar-refractivity contribution in [1.29, 1.82) is 0 Å². The highest BCUT2D eigenvalue weighted by molar-refractivity contribution is 6.16. The lowest BCUT2D eigenvalue weighted by atomic mass is 9.99. The van der Waals surface area contributed by atoms with Crippen LogP contribution in [0, 0.1) is 5.92 Å². The van der Waals surface area contributed by atoms with Crippen LogP contribution in [0.5, 0.6) is 0 Å². The quantitative estimate of drug-likeness (QED) is 0.808. The molecule has 1 saturated heterocycles. The summed E-state index contributed by atoms with van der Waals surface area (Å²) in [5, 5.41) is 0. The predicted molar refractivity (Wildman–Crippen MR) is 75.2 cm³/mol. The van der Waals surface area contributed by atoms with E-state index in [1.807, 2.05) is 12.1 Å². The van der Waals surface area contributed by atoms with Crippen molar-refractivity contribution in [2.24, 2.45) is 5.92 Å². The first-order valence-electron chi connectivity index (χ1n) is 6.81. The molecule has 1 fully saturated rings. The standard InChI is InChI=1S/C14H18ClN3O/c1-2-12-10(5-7-19-12)9-18-13(8-15)17-11-4-3-6-16-14(11)18/h3-4,6,10,12H,2,5,7-9H2,1H3. The topological polar surface area (TPSA) is 39.9 Å². The van der Waals surface area contributed by atoms with Gasteiger partial charge < -0.3 is 9.30 Å². The summed E-state index contributed by atoms with van der Waals surface area (Å²) < 4.78 is 7.92. The van der Waals surface area contributed by atoms with Crippen LogP contribution in [-0.4, -0.2) is 27.2 Å². The molecule has 2 aromatic heterocycles. The van der Waals surface area contributed by atoms with Gasteiger partial charge in [0.05, 0.1) is 12.0 Å². The number of nitrogens with zero attached hydrogens (tertiary/aromatic N) is 3. The largest absolute Gasteiger partial charge is 0.378 e. The van der Waals surface area contributed by atoms with Crippen LogP contribution >= 0.6 is 11.6 Å². The molecule has 3 heterocycles. The maximum atomic E-state index is 6.02. The summed E-state index contributed by atoms with van der Waals surface area (Å²) >= 11 is 6.02. The Morgan fingerprint density at radius 1 is 1.53 bits per heavy atom. The lowest BCUT2D eigenvalue weighted by Crippen LogP contribution is -2.21. The van der Waals surface area contributed by atoms with Crippen molar-refractivity contribution >= 4 is 22.8 Å². The van der Waals surface area contributed by atoms with Crippen LogP contribution in [0.25, 0.3) is 11.2 Å². The van der Waals surface area contributed by atoms with Crippen LogP contribution < -0.4 is 0 Å². The molecule has 0 N–H and O–H groups in total. The number of aromatic nitrogens is 3. The first-order valence-corrected chi connectivity index (χ1v) is 7.34. The normalized spacial score (nSPS) is 23.3. The lowest BCUT2D eigenvalue weighted by Gasteiger charge is -2.18. The number of hydrogen-bond acceptors (Lipinski definition) is 3. The summed E-state index contributed by atoms with van der Waals surface area (Å²) in [6.07, 6.45) is 4.32. The van der Waals surface area contributed by atoms with E-state index in [1.54, 1.807) is 6.20 Å². The molecular weight excluding hydrogens is 262 g/mol. The third-order valence-corrected chi connectivity index (χ3v) is 4.11. The first kappa shape index (κ1) is 12.9. The Labute approximate surface area is 117 Å². The molecule has 2 atom stereocenters. The fourth-order valence-electron chi connectivity index (χ4n) is 2.89. The maximum Gasteiger partial charge on any atom is 0.160 e. The van der Waals surface area contributed by atoms with Gasteiger partial charge in [0.1, 0.15) is 11.3 Å². The Bertz CT molecular complexity index is 569. The molecule has 3 rings (SSSR count). The van der Waals surface area contributed by atoms with Gasteiger partial charge >= 0.3 is 0 Å². The van der Waals surface area contributed by atoms with Crippen molar-refractivity contribution in [3.05, 3.63) is 24.2 Å². The molecule has 0 saturated carbocycles. The molecule has 1 aliphatic rings. The second-order valence-electron chi connectivity index (χ2n) is 4.98. The van der Waals surface area contributed by atoms with Crippen LogP contribution in [0.15, 0.2) is 18.3 Å². The van der Waals surface area contributed by atoms with Crippen molar-refractivity contribution in [3.63, 3.8) is 0 Å². The van der Waals surface area contributed by atoms with Gasteiger partial charge in [-0.3, -0.25) is 0 Å². The minimum absolute atomic E-state index is 0.351. The number of alkyl halides is 1. The minimum Gasteiger partial charge on any atom is -0.378 e. The molecule has 4 nitrogen and oxygen atoms in total. The second kappa shape index (κ2) is 5.47. The molecule has 102 valence electrons. The smallest absolute Gasteiger partial charge is 0.160 e. The van der Waals surface area contributed by atoms with Gasteiger partial charge in [-0.1, -0.05) is 6.92 Å². The van der Waals surface area contributed by atoms with E-state index in [0.717, 1.165) is 43.0 Å². The third kappa shape index (κ3) is 2.35. The molecule has 19 heavy (non-hydrogen) atoms. The zero-order valence-corrected chi connectivity index (χ0v) is 11.8. The summed E-state index contributed by atoms with van der Waals surface area (Å²) in [6, 6.07) is 3.89. The summed E-state index contributed by atoms with van der Waals surface area (Å²) in [5.74, 6) is 1.85. The van der Waals surface area contributed by atoms with Crippen molar-refractivity contribution in [3.8, 4) is 0 Å². The molecule has 5 heteroatoms. The van der Waals surface area contributed by atoms with Crippen LogP contribution in [-0.2, 0) is 17.2 Å². The molecule has 0 amide bonds. The average molecular weight is 280 g/mol. The monoisotopic (exact) mass is 279 g/mol. The fourth-order valence-corrected chi connectivity index (χ4v) is 3.09. The highest BCUT2D eigenvalue weighted by atomic mass is 35.5. The minimum atomic E-state index is 0.351. The highest BCUT2D eigenvalue weighted by Gasteiger charge is 2.28. The molecule has 0 aromatic carbocycles. The van der Waals surface area contributed by atoms with Crippen LogP contribution in [0.4, 0.5) is 0 Å². The van der Waals surface area contributed by atoms with E-state index >= 15 is 0 Å². The number of rotatable bonds is 4. The van der Waals surface area contributed by atoms with E-state index in [2.05, 4.69) is 21.5 Å². The van der Waals surface area contributed by atoms with Gasteiger partial charge in [-0.2, -0.15) is 0 Å². The third-order valence-electron chi connectivity index (χ3n) is 3.87. The molecule has 0 radical (unpaired) electrons. The summed E-state index contributed by atoms with van der Waals surface area (Å²) in [5.41, 5.74) is 1.85. The molecule has 0 spiro atoms. The van der Waals surface area contributed by atoms with Gasteiger partial charge in [-0.25, -0.2) is 9.97 Å². The van der Waals surface area contributed by atoms with Crippen molar-refractivity contribution in [2.45, 2.75) is 38.3 Å². The SMILES string of the molecule is CCC1OCCC1Cn1c(CCl)nc2cccnc21. The first-order chi connectivity index (χ1) is 9.33. The summed E-state index contributed by atoms with van der Waals surface area (Å²) in [6.45, 7) is 3.93. The van der Waals surface area contributed by atoms with Crippen LogP contribution in [0.3, 0.4) is 0 Å². The van der Waals surface area contributed by atoms with E-state index in [-0.39, 0.29) is 0 Å². The van der Waals surface area contributed by atoms with Gasteiger partial charge in [-0.15, -0.1) is 11.6 Å². The molecule has 1 aliphatic heterocycles. The Balaban J connectivity index is 1.95. The van der Waals surface area contributed by atoms with E-state index < -0.39 is 0 Å². The van der Waals surface area contributed by atoms with E-state index in [0.29, 0.717) is 17.9 Å². The van der Waals surface area contributed by atoms with Crippen LogP contribution in [0.1, 0.15) is 25.6 Å². The maximum absolute atomic E-state index is 6.02. The molecule has 0 bridgehead atoms. The number of fused-ring (bicyclic) bond motifs is 1. The zero-order chi connectivity index (χ0) is 13.2. The van der Waals surface area contributed by atoms with E-state index in [1.165, 1.54) is 0 Å². The molecule has 2 unspecified atom stereocenters. The number of halogens is 1. The number of ether oxygens (including phenoxy) is 1. The lowest BCUT2D eigenvalue weighted by molar-refractivity contribution is 0.0836. The Kier molecular flexibility index (Phi) is 3.71. The van der Waals surface area contributed by atoms with Gasteiger partial charge in [0.2, 0.25) is 0 Å². The van der Waals surface area contributed by atoms with Gasteiger partial charge in [-0.05, 0) is 25.0 Å². The second-order valence-corrected chi connectivity index (χ2v) is 5.25. The Hall–Kier alpha value is -1.13. The van der Waals surface area contributed by atoms with Crippen molar-refractivity contribution in [1.82, 2.24) is 14.5 Å². The van der Waals surface area contributed by atoms with Gasteiger partial charge in [0, 0.05) is 25.3 Å². The summed E-state index contributed by atoms with van der Waals surface area (Å²) in [4.78, 5) is 9.00. The van der Waals surface area contributed by atoms with Crippen molar-refractivity contribution < 1.29 is 4.74 Å². The molecule has 2 aromatic rings. The summed E-state index contributed by atoms with van der Waals surface area (Å²) in [7, 11) is 0. The van der Waals surface area contributed by atoms with Gasteiger partial charge in [0.25, 0.3) is 0 Å². The number of imidazole rings is 1. The zero-order valence-electron chi connectivity index (χ0n) is 11.1. The fraction of sp³-hybridized carbons (Fsp3) is 0.571. The highest BCUT2D eigenvalue weighted by Crippen LogP contribution is 2.27. The van der Waals surface area contributed by atoms with Gasteiger partial charge in [0.15, 0.2) is 5.65 Å². The Morgan fingerprint density at radius 2 is 2.42 bits per heavy atom. The average Bonchev–Trinajstić information content (AvgIpc) is 3.04. The number of hydrogen-bond donors (Lipinski definition) is 0. The van der Waals surface area contributed by atoms with E-state index in [4.69, 9.17) is 16.3 Å². The number of pyridine rings is 1. The Morgan fingerprint density at radius 3 is 3.21 bits per heavy atom. The van der Waals surface area contributed by atoms with Crippen LogP contribution in [0.2, 0.25) is 0 Å². The molecule has 0 aliphatic carbocycles.